The van der Waals surface area contributed by atoms with Crippen LogP contribution in [0.5, 0.6) is 0 Å². The van der Waals surface area contributed by atoms with Crippen LogP contribution in [-0.2, 0) is 9.53 Å². The van der Waals surface area contributed by atoms with Crippen LogP contribution in [0.3, 0.4) is 0 Å². The molecule has 24 heavy (non-hydrogen) atoms. The Bertz CT molecular complexity index is 432. The molecule has 0 aromatic heterocycles. The van der Waals surface area contributed by atoms with Gasteiger partial charge in [0.25, 0.3) is 0 Å². The molecule has 2 atom stereocenters. The van der Waals surface area contributed by atoms with Crippen LogP contribution in [0, 0.1) is 11.8 Å². The lowest BCUT2D eigenvalue weighted by molar-refractivity contribution is -0.143. The molecule has 0 saturated carbocycles. The maximum Gasteiger partial charge on any atom is 0.222 e. The van der Waals surface area contributed by atoms with E-state index >= 15 is 0 Å². The van der Waals surface area contributed by atoms with Crippen LogP contribution in [-0.4, -0.2) is 73.7 Å². The van der Waals surface area contributed by atoms with E-state index in [1.54, 1.807) is 0 Å². The van der Waals surface area contributed by atoms with Crippen molar-refractivity contribution in [2.45, 2.75) is 57.0 Å². The topological polar surface area (TPSA) is 44.8 Å². The van der Waals surface area contributed by atoms with Gasteiger partial charge in [0, 0.05) is 51.4 Å². The Morgan fingerprint density at radius 1 is 1.04 bits per heavy atom. The zero-order chi connectivity index (χ0) is 16.4. The third-order valence-corrected chi connectivity index (χ3v) is 6.80. The lowest BCUT2D eigenvalue weighted by Gasteiger charge is -2.50. The summed E-state index contributed by atoms with van der Waals surface area (Å²) < 4.78 is 5.53. The first-order valence-electron chi connectivity index (χ1n) is 10.1. The Balaban J connectivity index is 1.37. The third kappa shape index (κ3) is 3.63. The van der Waals surface area contributed by atoms with Gasteiger partial charge in [0.2, 0.25) is 5.91 Å². The second-order valence-corrected chi connectivity index (χ2v) is 8.23. The second kappa shape index (κ2) is 7.71. The maximum absolute atomic E-state index is 12.6. The number of likely N-dealkylation sites (tertiary alicyclic amines) is 2. The number of nitrogens with one attached hydrogen (secondary N) is 1. The summed E-state index contributed by atoms with van der Waals surface area (Å²) in [7, 11) is 0. The summed E-state index contributed by atoms with van der Waals surface area (Å²) in [6, 6.07) is 1.23. The Morgan fingerprint density at radius 3 is 2.62 bits per heavy atom. The van der Waals surface area contributed by atoms with E-state index in [1.165, 1.54) is 45.2 Å². The van der Waals surface area contributed by atoms with Gasteiger partial charge >= 0.3 is 0 Å². The number of hydrogen-bond acceptors (Lipinski definition) is 4. The molecule has 1 amide bonds. The minimum atomic E-state index is 0.425. The molecule has 5 heteroatoms. The molecular formula is C19H33N3O2. The summed E-state index contributed by atoms with van der Waals surface area (Å²) in [6.45, 7) is 7.48. The highest BCUT2D eigenvalue weighted by molar-refractivity contribution is 5.77. The number of piperidine rings is 3. The lowest BCUT2D eigenvalue weighted by atomic mass is 9.81. The summed E-state index contributed by atoms with van der Waals surface area (Å²) in [5.74, 6) is 1.83. The Labute approximate surface area is 146 Å². The number of rotatable bonds is 3. The summed E-state index contributed by atoms with van der Waals surface area (Å²) in [6.07, 6.45) is 7.90. The van der Waals surface area contributed by atoms with Gasteiger partial charge in [0.15, 0.2) is 0 Å². The van der Waals surface area contributed by atoms with Gasteiger partial charge in [-0.05, 0) is 63.5 Å². The molecule has 4 rings (SSSR count). The summed E-state index contributed by atoms with van der Waals surface area (Å²) in [5, 5.41) is 3.44. The molecule has 4 aliphatic rings. The van der Waals surface area contributed by atoms with E-state index in [2.05, 4.69) is 15.1 Å². The number of carbonyl (C=O) groups is 1. The first-order chi connectivity index (χ1) is 11.8. The van der Waals surface area contributed by atoms with Crippen molar-refractivity contribution in [3.8, 4) is 0 Å². The van der Waals surface area contributed by atoms with Crippen molar-refractivity contribution >= 4 is 5.91 Å². The zero-order valence-corrected chi connectivity index (χ0v) is 14.9. The van der Waals surface area contributed by atoms with Crippen molar-refractivity contribution in [3.63, 3.8) is 0 Å². The van der Waals surface area contributed by atoms with Gasteiger partial charge in [-0.15, -0.1) is 0 Å². The molecule has 0 aromatic rings. The fraction of sp³-hybridized carbons (Fsp3) is 0.947. The average molecular weight is 335 g/mol. The van der Waals surface area contributed by atoms with Crippen LogP contribution in [0.2, 0.25) is 0 Å². The normalized spacial score (nSPS) is 34.3. The number of carbonyl (C=O) groups excluding carboxylic acids is 1. The second-order valence-electron chi connectivity index (χ2n) is 8.23. The third-order valence-electron chi connectivity index (χ3n) is 6.80. The summed E-state index contributed by atoms with van der Waals surface area (Å²) in [4.78, 5) is 17.6. The van der Waals surface area contributed by atoms with Gasteiger partial charge in [-0.25, -0.2) is 0 Å². The molecule has 0 aliphatic carbocycles. The van der Waals surface area contributed by atoms with E-state index in [4.69, 9.17) is 4.74 Å². The fourth-order valence-electron chi connectivity index (χ4n) is 5.34. The van der Waals surface area contributed by atoms with Gasteiger partial charge in [0.05, 0.1) is 0 Å². The average Bonchev–Trinajstić information content (AvgIpc) is 2.65. The van der Waals surface area contributed by atoms with Gasteiger partial charge in [-0.2, -0.15) is 0 Å². The van der Waals surface area contributed by atoms with Crippen molar-refractivity contribution in [1.29, 1.82) is 0 Å². The summed E-state index contributed by atoms with van der Waals surface area (Å²) >= 11 is 0. The van der Waals surface area contributed by atoms with Crippen LogP contribution in [0.25, 0.3) is 0 Å². The Morgan fingerprint density at radius 2 is 1.83 bits per heavy atom. The van der Waals surface area contributed by atoms with E-state index < -0.39 is 0 Å². The van der Waals surface area contributed by atoms with Crippen LogP contribution in [0.4, 0.5) is 0 Å². The van der Waals surface area contributed by atoms with Crippen LogP contribution in [0.1, 0.15) is 44.9 Å². The van der Waals surface area contributed by atoms with Crippen LogP contribution < -0.4 is 5.32 Å². The van der Waals surface area contributed by atoms with Gasteiger partial charge in [-0.3, -0.25) is 9.69 Å². The van der Waals surface area contributed by atoms with E-state index in [1.807, 2.05) is 0 Å². The molecule has 136 valence electrons. The van der Waals surface area contributed by atoms with E-state index in [-0.39, 0.29) is 0 Å². The highest BCUT2D eigenvalue weighted by Gasteiger charge is 2.41. The number of fused-ring (bicyclic) bond motifs is 1. The molecule has 4 aliphatic heterocycles. The van der Waals surface area contributed by atoms with Crippen molar-refractivity contribution < 1.29 is 9.53 Å². The molecular weight excluding hydrogens is 302 g/mol. The molecule has 5 nitrogen and oxygen atoms in total. The van der Waals surface area contributed by atoms with Crippen molar-refractivity contribution in [1.82, 2.24) is 15.1 Å². The van der Waals surface area contributed by atoms with E-state index in [0.29, 0.717) is 23.8 Å². The predicted octanol–water partition coefficient (Wildman–Crippen LogP) is 1.48. The highest BCUT2D eigenvalue weighted by atomic mass is 16.5. The number of amides is 1. The van der Waals surface area contributed by atoms with Gasteiger partial charge < -0.3 is 15.0 Å². The molecule has 0 spiro atoms. The van der Waals surface area contributed by atoms with Crippen molar-refractivity contribution in [2.24, 2.45) is 11.8 Å². The molecule has 4 saturated heterocycles. The molecule has 0 unspecified atom stereocenters. The fourth-order valence-corrected chi connectivity index (χ4v) is 5.34. The lowest BCUT2D eigenvalue weighted by Crippen LogP contribution is -2.59. The predicted molar refractivity (Wildman–Crippen MR) is 93.8 cm³/mol. The minimum absolute atomic E-state index is 0.425. The number of ether oxygens (including phenoxy) is 1. The first-order valence-corrected chi connectivity index (χ1v) is 10.1. The monoisotopic (exact) mass is 335 g/mol. The molecule has 0 radical (unpaired) electrons. The van der Waals surface area contributed by atoms with E-state index in [9.17, 15) is 4.79 Å². The van der Waals surface area contributed by atoms with Crippen molar-refractivity contribution in [3.05, 3.63) is 0 Å². The SMILES string of the molecule is O=C1CC[C@H]2CN(C3CCOCC3)CC[C@H]2N1CC1CCNCC1. The van der Waals surface area contributed by atoms with Crippen molar-refractivity contribution in [2.75, 3.05) is 45.9 Å². The number of nitrogens with zero attached hydrogens (tertiary/aromatic N) is 2. The van der Waals surface area contributed by atoms with E-state index in [0.717, 1.165) is 51.7 Å². The quantitative estimate of drug-likeness (QED) is 0.848. The van der Waals surface area contributed by atoms with Gasteiger partial charge in [0.1, 0.15) is 0 Å². The molecule has 4 heterocycles. The summed E-state index contributed by atoms with van der Waals surface area (Å²) in [5.41, 5.74) is 0. The highest BCUT2D eigenvalue weighted by Crippen LogP contribution is 2.34. The standard InChI is InChI=1S/C19H33N3O2/c23-19-2-1-16-14-21(17-6-11-24-12-7-17)10-5-18(16)22(19)13-15-3-8-20-9-4-15/h15-18,20H,1-14H2/t16-,18+/m0/s1. The first kappa shape index (κ1) is 16.8. The minimum Gasteiger partial charge on any atom is -0.381 e. The zero-order valence-electron chi connectivity index (χ0n) is 14.9. The molecule has 1 N–H and O–H groups in total. The Hall–Kier alpha value is -0.650. The largest absolute Gasteiger partial charge is 0.381 e. The molecule has 0 aromatic carbocycles. The maximum atomic E-state index is 12.6. The van der Waals surface area contributed by atoms with Crippen LogP contribution in [0.15, 0.2) is 0 Å². The Kier molecular flexibility index (Phi) is 5.40. The smallest absolute Gasteiger partial charge is 0.222 e. The molecule has 0 bridgehead atoms. The number of hydrogen-bond donors (Lipinski definition) is 1. The van der Waals surface area contributed by atoms with Crippen LogP contribution >= 0.6 is 0 Å². The molecule has 4 fully saturated rings. The van der Waals surface area contributed by atoms with Gasteiger partial charge in [-0.1, -0.05) is 0 Å².